The smallest absolute Gasteiger partial charge is 0.292 e. The van der Waals surface area contributed by atoms with Crippen molar-refractivity contribution >= 4 is 17.1 Å². The molecule has 0 fully saturated rings. The van der Waals surface area contributed by atoms with Crippen LogP contribution in [0.4, 0.5) is 17.1 Å². The maximum Gasteiger partial charge on any atom is 0.292 e. The molecular formula is C20H23N5O5. The van der Waals surface area contributed by atoms with Crippen LogP contribution in [0.25, 0.3) is 0 Å². The van der Waals surface area contributed by atoms with Gasteiger partial charge in [0.1, 0.15) is 29.8 Å². The molecule has 3 rings (SSSR count). The number of benzene rings is 2. The Hall–Kier alpha value is -3.82. The number of nitro groups is 1. The van der Waals surface area contributed by atoms with Gasteiger partial charge < -0.3 is 20.1 Å². The number of nitrogens with one attached hydrogen (secondary N) is 2. The average molecular weight is 413 g/mol. The zero-order chi connectivity index (χ0) is 21.3. The van der Waals surface area contributed by atoms with Gasteiger partial charge in [-0.05, 0) is 43.3 Å². The summed E-state index contributed by atoms with van der Waals surface area (Å²) in [5.41, 5.74) is 1.69. The summed E-state index contributed by atoms with van der Waals surface area (Å²) in [5, 5.41) is 25.0. The fraction of sp³-hybridized carbons (Fsp3) is 0.300. The Morgan fingerprint density at radius 1 is 1.17 bits per heavy atom. The number of aryl methyl sites for hydroxylation is 1. The van der Waals surface area contributed by atoms with Crippen LogP contribution in [0.15, 0.2) is 53.2 Å². The van der Waals surface area contributed by atoms with Gasteiger partial charge in [-0.3, -0.25) is 10.1 Å². The SMILES string of the molecule is Cc1nonc1O[C@H](C)CNc1ccc([N+](=O)[O-])c(NCCOc2ccccc2)c1. The number of rotatable bonds is 11. The van der Waals surface area contributed by atoms with Gasteiger partial charge in [0.15, 0.2) is 0 Å². The monoisotopic (exact) mass is 413 g/mol. The fourth-order valence-corrected chi connectivity index (χ4v) is 2.64. The molecular weight excluding hydrogens is 390 g/mol. The lowest BCUT2D eigenvalue weighted by Crippen LogP contribution is -2.23. The van der Waals surface area contributed by atoms with Gasteiger partial charge in [-0.25, -0.2) is 4.63 Å². The van der Waals surface area contributed by atoms with Gasteiger partial charge in [0.05, 0.1) is 11.5 Å². The molecule has 0 bridgehead atoms. The predicted molar refractivity (Wildman–Crippen MR) is 111 cm³/mol. The summed E-state index contributed by atoms with van der Waals surface area (Å²) in [4.78, 5) is 10.9. The molecule has 30 heavy (non-hydrogen) atoms. The maximum atomic E-state index is 11.3. The molecule has 158 valence electrons. The van der Waals surface area contributed by atoms with E-state index in [9.17, 15) is 10.1 Å². The van der Waals surface area contributed by atoms with Crippen molar-refractivity contribution in [3.63, 3.8) is 0 Å². The standard InChI is InChI=1S/C20H23N5O5/c1-14(29-20-15(2)23-30-24-20)13-22-16-8-9-19(25(26)27)18(12-16)21-10-11-28-17-6-4-3-5-7-17/h3-9,12,14,21-22H,10-11,13H2,1-2H3/t14-/m1/s1. The Morgan fingerprint density at radius 2 is 1.97 bits per heavy atom. The van der Waals surface area contributed by atoms with Crippen LogP contribution in [-0.4, -0.2) is 41.0 Å². The average Bonchev–Trinajstić information content (AvgIpc) is 3.14. The number of ether oxygens (including phenoxy) is 2. The first-order valence-corrected chi connectivity index (χ1v) is 9.43. The Bertz CT molecular complexity index is 963. The number of aromatic nitrogens is 2. The molecule has 1 atom stereocenters. The van der Waals surface area contributed by atoms with E-state index in [-0.39, 0.29) is 11.8 Å². The molecule has 0 aliphatic rings. The number of hydrogen-bond donors (Lipinski definition) is 2. The van der Waals surface area contributed by atoms with E-state index >= 15 is 0 Å². The molecule has 1 heterocycles. The summed E-state index contributed by atoms with van der Waals surface area (Å²) in [5.74, 6) is 1.09. The zero-order valence-corrected chi connectivity index (χ0v) is 16.7. The van der Waals surface area contributed by atoms with Crippen molar-refractivity contribution in [3.8, 4) is 11.6 Å². The molecule has 0 unspecified atom stereocenters. The summed E-state index contributed by atoms with van der Waals surface area (Å²) in [7, 11) is 0. The van der Waals surface area contributed by atoms with Gasteiger partial charge in [0, 0.05) is 18.3 Å². The van der Waals surface area contributed by atoms with Crippen molar-refractivity contribution in [3.05, 3.63) is 64.3 Å². The van der Waals surface area contributed by atoms with Crippen LogP contribution < -0.4 is 20.1 Å². The highest BCUT2D eigenvalue weighted by atomic mass is 16.6. The molecule has 2 N–H and O–H groups in total. The van der Waals surface area contributed by atoms with Crippen molar-refractivity contribution in [1.82, 2.24) is 10.3 Å². The second kappa shape index (κ2) is 10.1. The Kier molecular flexibility index (Phi) is 7.04. The van der Waals surface area contributed by atoms with E-state index in [1.54, 1.807) is 19.1 Å². The summed E-state index contributed by atoms with van der Waals surface area (Å²) < 4.78 is 15.9. The zero-order valence-electron chi connectivity index (χ0n) is 16.7. The minimum absolute atomic E-state index is 0.00569. The number of anilines is 2. The van der Waals surface area contributed by atoms with Gasteiger partial charge in [0.2, 0.25) is 0 Å². The predicted octanol–water partition coefficient (Wildman–Crippen LogP) is 3.66. The molecule has 10 nitrogen and oxygen atoms in total. The van der Waals surface area contributed by atoms with Crippen LogP contribution in [0.2, 0.25) is 0 Å². The lowest BCUT2D eigenvalue weighted by Gasteiger charge is -2.15. The number of hydrogen-bond acceptors (Lipinski definition) is 9. The summed E-state index contributed by atoms with van der Waals surface area (Å²) >= 11 is 0. The van der Waals surface area contributed by atoms with Crippen LogP contribution in [-0.2, 0) is 0 Å². The minimum atomic E-state index is -0.420. The fourth-order valence-electron chi connectivity index (χ4n) is 2.64. The van der Waals surface area contributed by atoms with E-state index in [0.29, 0.717) is 37.0 Å². The quantitative estimate of drug-likeness (QED) is 0.275. The van der Waals surface area contributed by atoms with Gasteiger partial charge in [-0.1, -0.05) is 23.4 Å². The van der Waals surface area contributed by atoms with Crippen molar-refractivity contribution in [2.45, 2.75) is 20.0 Å². The second-order valence-electron chi connectivity index (χ2n) is 6.54. The molecule has 0 saturated carbocycles. The molecule has 0 amide bonds. The lowest BCUT2D eigenvalue weighted by molar-refractivity contribution is -0.383. The molecule has 0 spiro atoms. The highest BCUT2D eigenvalue weighted by Gasteiger charge is 2.15. The first-order chi connectivity index (χ1) is 14.5. The van der Waals surface area contributed by atoms with Crippen LogP contribution in [0.3, 0.4) is 0 Å². The summed E-state index contributed by atoms with van der Waals surface area (Å²) in [6.45, 7) is 4.85. The molecule has 0 aliphatic carbocycles. The minimum Gasteiger partial charge on any atom is -0.492 e. The lowest BCUT2D eigenvalue weighted by atomic mass is 10.2. The third kappa shape index (κ3) is 5.84. The molecule has 0 radical (unpaired) electrons. The highest BCUT2D eigenvalue weighted by molar-refractivity contribution is 5.68. The van der Waals surface area contributed by atoms with Crippen molar-refractivity contribution in [2.24, 2.45) is 0 Å². The molecule has 0 saturated heterocycles. The van der Waals surface area contributed by atoms with Gasteiger partial charge in [-0.15, -0.1) is 0 Å². The molecule has 2 aromatic carbocycles. The van der Waals surface area contributed by atoms with E-state index in [1.165, 1.54) is 6.07 Å². The third-order valence-corrected chi connectivity index (χ3v) is 4.14. The first-order valence-electron chi connectivity index (χ1n) is 9.43. The van der Waals surface area contributed by atoms with Gasteiger partial charge >= 0.3 is 0 Å². The van der Waals surface area contributed by atoms with Gasteiger partial charge in [-0.2, -0.15) is 0 Å². The first kappa shape index (κ1) is 20.9. The molecule has 10 heteroatoms. The second-order valence-corrected chi connectivity index (χ2v) is 6.54. The molecule has 1 aromatic heterocycles. The molecule has 0 aliphatic heterocycles. The molecule has 3 aromatic rings. The van der Waals surface area contributed by atoms with E-state index < -0.39 is 4.92 Å². The topological polar surface area (TPSA) is 125 Å². The van der Waals surface area contributed by atoms with Crippen LogP contribution in [0.5, 0.6) is 11.6 Å². The van der Waals surface area contributed by atoms with Gasteiger partial charge in [0.25, 0.3) is 11.6 Å². The Morgan fingerprint density at radius 3 is 2.67 bits per heavy atom. The van der Waals surface area contributed by atoms with Crippen LogP contribution in [0.1, 0.15) is 12.6 Å². The maximum absolute atomic E-state index is 11.3. The van der Waals surface area contributed by atoms with Crippen molar-refractivity contribution < 1.29 is 19.0 Å². The van der Waals surface area contributed by atoms with E-state index in [2.05, 4.69) is 25.6 Å². The van der Waals surface area contributed by atoms with E-state index in [0.717, 1.165) is 11.4 Å². The number of nitro benzene ring substituents is 1. The third-order valence-electron chi connectivity index (χ3n) is 4.14. The van der Waals surface area contributed by atoms with Crippen molar-refractivity contribution in [1.29, 1.82) is 0 Å². The number of para-hydroxylation sites is 1. The largest absolute Gasteiger partial charge is 0.492 e. The van der Waals surface area contributed by atoms with E-state index in [1.807, 2.05) is 37.3 Å². The van der Waals surface area contributed by atoms with Crippen molar-refractivity contribution in [2.75, 3.05) is 30.3 Å². The Labute approximate surface area is 173 Å². The normalized spacial score (nSPS) is 11.5. The van der Waals surface area contributed by atoms with E-state index in [4.69, 9.17) is 9.47 Å². The number of nitrogens with zero attached hydrogens (tertiary/aromatic N) is 3. The summed E-state index contributed by atoms with van der Waals surface area (Å²) in [6, 6.07) is 14.2. The van der Waals surface area contributed by atoms with Crippen LogP contribution in [0, 0.1) is 17.0 Å². The van der Waals surface area contributed by atoms with Crippen LogP contribution >= 0.6 is 0 Å². The highest BCUT2D eigenvalue weighted by Crippen LogP contribution is 2.27. The Balaban J connectivity index is 1.55. The summed E-state index contributed by atoms with van der Waals surface area (Å²) in [6.07, 6.45) is -0.221.